The standard InChI is InChI=1S/C23H27N3O3S/c1-28-19-9-7-18(8-10-19)17-30-23-24-21-6-3-2-5-20(21)22(27)26(23)12-4-11-25-13-15-29-16-14-25/h2-3,5-10H,4,11-17H2,1H3. The molecule has 0 spiro atoms. The number of thioether (sulfide) groups is 1. The quantitative estimate of drug-likeness (QED) is 0.407. The summed E-state index contributed by atoms with van der Waals surface area (Å²) in [6.45, 7) is 5.14. The highest BCUT2D eigenvalue weighted by Gasteiger charge is 2.14. The molecule has 0 atom stereocenters. The molecule has 0 amide bonds. The molecule has 3 aromatic rings. The van der Waals surface area contributed by atoms with Crippen LogP contribution in [0.15, 0.2) is 58.5 Å². The van der Waals surface area contributed by atoms with E-state index in [0.717, 1.165) is 61.4 Å². The van der Waals surface area contributed by atoms with Crippen molar-refractivity contribution in [3.05, 3.63) is 64.4 Å². The zero-order valence-corrected chi connectivity index (χ0v) is 18.1. The van der Waals surface area contributed by atoms with Gasteiger partial charge >= 0.3 is 0 Å². The summed E-state index contributed by atoms with van der Waals surface area (Å²) in [5.74, 6) is 1.59. The molecule has 1 aliphatic rings. The van der Waals surface area contributed by atoms with Gasteiger partial charge in [-0.2, -0.15) is 0 Å². The van der Waals surface area contributed by atoms with Crippen molar-refractivity contribution in [2.75, 3.05) is 40.0 Å². The number of ether oxygens (including phenoxy) is 2. The van der Waals surface area contributed by atoms with E-state index in [-0.39, 0.29) is 5.56 Å². The molecule has 1 saturated heterocycles. The third-order valence-corrected chi connectivity index (χ3v) is 6.36. The van der Waals surface area contributed by atoms with Crippen LogP contribution < -0.4 is 10.3 Å². The van der Waals surface area contributed by atoms with Gasteiger partial charge in [-0.15, -0.1) is 0 Å². The fraction of sp³-hybridized carbons (Fsp3) is 0.391. The third kappa shape index (κ3) is 5.03. The molecule has 0 radical (unpaired) electrons. The molecule has 1 fully saturated rings. The second-order valence-corrected chi connectivity index (χ2v) is 8.26. The largest absolute Gasteiger partial charge is 0.497 e. The highest BCUT2D eigenvalue weighted by atomic mass is 32.2. The van der Waals surface area contributed by atoms with Crippen LogP contribution in [0.25, 0.3) is 10.9 Å². The van der Waals surface area contributed by atoms with Gasteiger partial charge in [0.1, 0.15) is 5.75 Å². The van der Waals surface area contributed by atoms with Gasteiger partial charge in [0.15, 0.2) is 5.16 Å². The number of nitrogens with zero attached hydrogens (tertiary/aromatic N) is 3. The summed E-state index contributed by atoms with van der Waals surface area (Å²) >= 11 is 1.61. The summed E-state index contributed by atoms with van der Waals surface area (Å²) in [4.78, 5) is 20.4. The maximum absolute atomic E-state index is 13.2. The minimum Gasteiger partial charge on any atom is -0.497 e. The van der Waals surface area contributed by atoms with E-state index in [1.54, 1.807) is 18.9 Å². The zero-order chi connectivity index (χ0) is 20.8. The Hall–Kier alpha value is -2.35. The first-order valence-electron chi connectivity index (χ1n) is 10.3. The molecule has 0 bridgehead atoms. The Balaban J connectivity index is 1.52. The van der Waals surface area contributed by atoms with Crippen molar-refractivity contribution in [2.24, 2.45) is 0 Å². The fourth-order valence-electron chi connectivity index (χ4n) is 3.60. The van der Waals surface area contributed by atoms with Gasteiger partial charge < -0.3 is 9.47 Å². The lowest BCUT2D eigenvalue weighted by molar-refractivity contribution is 0.0368. The highest BCUT2D eigenvalue weighted by Crippen LogP contribution is 2.23. The van der Waals surface area contributed by atoms with E-state index in [1.807, 2.05) is 53.1 Å². The van der Waals surface area contributed by atoms with E-state index >= 15 is 0 Å². The van der Waals surface area contributed by atoms with Crippen LogP contribution in [0.5, 0.6) is 5.75 Å². The molecule has 2 heterocycles. The van der Waals surface area contributed by atoms with Crippen LogP contribution in [-0.4, -0.2) is 54.4 Å². The first kappa shape index (κ1) is 20.9. The van der Waals surface area contributed by atoms with Crippen LogP contribution in [0.1, 0.15) is 12.0 Å². The third-order valence-electron chi connectivity index (χ3n) is 5.31. The second kappa shape index (κ2) is 10.1. The average Bonchev–Trinajstić information content (AvgIpc) is 2.80. The molecule has 2 aromatic carbocycles. The summed E-state index contributed by atoms with van der Waals surface area (Å²) < 4.78 is 12.5. The number of fused-ring (bicyclic) bond motifs is 1. The van der Waals surface area contributed by atoms with Gasteiger partial charge in [-0.1, -0.05) is 36.0 Å². The SMILES string of the molecule is COc1ccc(CSc2nc3ccccc3c(=O)n2CCCN2CCOCC2)cc1. The summed E-state index contributed by atoms with van der Waals surface area (Å²) in [5.41, 5.74) is 1.96. The van der Waals surface area contributed by atoms with Crippen molar-refractivity contribution < 1.29 is 9.47 Å². The van der Waals surface area contributed by atoms with E-state index in [0.29, 0.717) is 11.9 Å². The number of hydrogen-bond acceptors (Lipinski definition) is 6. The summed E-state index contributed by atoms with van der Waals surface area (Å²) in [6.07, 6.45) is 0.913. The normalized spacial score (nSPS) is 14.8. The van der Waals surface area contributed by atoms with Gasteiger partial charge in [0.2, 0.25) is 0 Å². The van der Waals surface area contributed by atoms with Crippen molar-refractivity contribution in [3.63, 3.8) is 0 Å². The van der Waals surface area contributed by atoms with Crippen LogP contribution in [0.2, 0.25) is 0 Å². The highest BCUT2D eigenvalue weighted by molar-refractivity contribution is 7.98. The monoisotopic (exact) mass is 425 g/mol. The second-order valence-electron chi connectivity index (χ2n) is 7.31. The molecule has 1 aliphatic heterocycles. The molecule has 4 rings (SSSR count). The first-order valence-corrected chi connectivity index (χ1v) is 11.3. The average molecular weight is 426 g/mol. The van der Waals surface area contributed by atoms with Gasteiger partial charge in [0.25, 0.3) is 5.56 Å². The molecule has 6 nitrogen and oxygen atoms in total. The zero-order valence-electron chi connectivity index (χ0n) is 17.3. The molecule has 7 heteroatoms. The molecule has 0 N–H and O–H groups in total. The predicted molar refractivity (Wildman–Crippen MR) is 120 cm³/mol. The van der Waals surface area contributed by atoms with Crippen molar-refractivity contribution in [3.8, 4) is 5.75 Å². The van der Waals surface area contributed by atoms with Crippen molar-refractivity contribution >= 4 is 22.7 Å². The first-order chi connectivity index (χ1) is 14.7. The van der Waals surface area contributed by atoms with Crippen LogP contribution in [0.4, 0.5) is 0 Å². The Morgan fingerprint density at radius 1 is 1.07 bits per heavy atom. The predicted octanol–water partition coefficient (Wildman–Crippen LogP) is 3.42. The molecule has 0 unspecified atom stereocenters. The van der Waals surface area contributed by atoms with Gasteiger partial charge in [-0.25, -0.2) is 4.98 Å². The Bertz CT molecular complexity index is 1030. The number of methoxy groups -OCH3 is 1. The smallest absolute Gasteiger partial charge is 0.262 e. The van der Waals surface area contributed by atoms with E-state index < -0.39 is 0 Å². The van der Waals surface area contributed by atoms with E-state index in [4.69, 9.17) is 14.5 Å². The molecular weight excluding hydrogens is 398 g/mol. The van der Waals surface area contributed by atoms with Crippen LogP contribution >= 0.6 is 11.8 Å². The number of hydrogen-bond donors (Lipinski definition) is 0. The van der Waals surface area contributed by atoms with Crippen LogP contribution in [0, 0.1) is 0 Å². The molecule has 1 aromatic heterocycles. The van der Waals surface area contributed by atoms with Crippen molar-refractivity contribution in [2.45, 2.75) is 23.9 Å². The van der Waals surface area contributed by atoms with E-state index in [2.05, 4.69) is 4.90 Å². The maximum Gasteiger partial charge on any atom is 0.262 e. The lowest BCUT2D eigenvalue weighted by Crippen LogP contribution is -2.37. The van der Waals surface area contributed by atoms with Gasteiger partial charge in [0, 0.05) is 31.9 Å². The number of aromatic nitrogens is 2. The Morgan fingerprint density at radius 2 is 1.83 bits per heavy atom. The molecule has 158 valence electrons. The van der Waals surface area contributed by atoms with Gasteiger partial charge in [-0.3, -0.25) is 14.3 Å². The fourth-order valence-corrected chi connectivity index (χ4v) is 4.58. The Labute approximate surface area is 180 Å². The Kier molecular flexibility index (Phi) is 7.04. The Morgan fingerprint density at radius 3 is 2.60 bits per heavy atom. The number of benzene rings is 2. The van der Waals surface area contributed by atoms with Crippen molar-refractivity contribution in [1.82, 2.24) is 14.5 Å². The summed E-state index contributed by atoms with van der Waals surface area (Å²) in [6, 6.07) is 15.6. The number of morpholine rings is 1. The van der Waals surface area contributed by atoms with E-state index in [1.165, 1.54) is 5.56 Å². The maximum atomic E-state index is 13.2. The topological polar surface area (TPSA) is 56.6 Å². The van der Waals surface area contributed by atoms with E-state index in [9.17, 15) is 4.79 Å². The number of para-hydroxylation sites is 1. The summed E-state index contributed by atoms with van der Waals surface area (Å²) in [7, 11) is 1.67. The van der Waals surface area contributed by atoms with Crippen LogP contribution in [-0.2, 0) is 17.0 Å². The summed E-state index contributed by atoms with van der Waals surface area (Å²) in [5, 5.41) is 1.45. The molecule has 0 saturated carbocycles. The lowest BCUT2D eigenvalue weighted by atomic mass is 10.2. The van der Waals surface area contributed by atoms with Gasteiger partial charge in [-0.05, 0) is 36.2 Å². The molecular formula is C23H27N3O3S. The minimum absolute atomic E-state index is 0.0415. The molecule has 30 heavy (non-hydrogen) atoms. The minimum atomic E-state index is 0.0415. The van der Waals surface area contributed by atoms with Crippen molar-refractivity contribution in [1.29, 1.82) is 0 Å². The van der Waals surface area contributed by atoms with Crippen LogP contribution in [0.3, 0.4) is 0 Å². The lowest BCUT2D eigenvalue weighted by Gasteiger charge is -2.26. The van der Waals surface area contributed by atoms with Gasteiger partial charge in [0.05, 0.1) is 31.2 Å². The number of rotatable bonds is 8. The molecule has 0 aliphatic carbocycles.